The Hall–Kier alpha value is -2.03. The summed E-state index contributed by atoms with van der Waals surface area (Å²) in [6.07, 6.45) is -2.15. The van der Waals surface area contributed by atoms with Crippen LogP contribution >= 0.6 is 11.6 Å². The number of nitrogens with one attached hydrogen (secondary N) is 1. The second-order valence-corrected chi connectivity index (χ2v) is 3.92. The van der Waals surface area contributed by atoms with Crippen molar-refractivity contribution in [2.45, 2.75) is 26.8 Å². The van der Waals surface area contributed by atoms with Gasteiger partial charge in [0.05, 0.1) is 25.7 Å². The molecule has 0 saturated carbocycles. The van der Waals surface area contributed by atoms with Gasteiger partial charge in [-0.25, -0.2) is 19.8 Å². The number of ether oxygens (including phenoxy) is 3. The van der Waals surface area contributed by atoms with Crippen molar-refractivity contribution in [3.8, 4) is 0 Å². The van der Waals surface area contributed by atoms with Gasteiger partial charge >= 0.3 is 18.2 Å². The highest BCUT2D eigenvalue weighted by Crippen LogP contribution is 2.06. The molecule has 0 rings (SSSR count). The molecule has 9 nitrogen and oxygen atoms in total. The van der Waals surface area contributed by atoms with E-state index >= 15 is 0 Å². The first-order valence-electron chi connectivity index (χ1n) is 6.57. The molecular formula is C12H19ClN2O7. The minimum Gasteiger partial charge on any atom is -0.464 e. The van der Waals surface area contributed by atoms with Gasteiger partial charge in [-0.05, 0) is 20.8 Å². The number of hydrazine groups is 1. The van der Waals surface area contributed by atoms with Gasteiger partial charge in [0.25, 0.3) is 0 Å². The molecule has 0 fully saturated rings. The topological polar surface area (TPSA) is 111 Å². The molecule has 0 bridgehead atoms. The van der Waals surface area contributed by atoms with E-state index in [2.05, 4.69) is 4.74 Å². The summed E-state index contributed by atoms with van der Waals surface area (Å²) in [6.45, 7) is 4.54. The lowest BCUT2D eigenvalue weighted by atomic mass is 10.2. The van der Waals surface area contributed by atoms with Crippen molar-refractivity contribution in [3.63, 3.8) is 0 Å². The van der Waals surface area contributed by atoms with Crippen LogP contribution in [0.4, 0.5) is 9.59 Å². The Morgan fingerprint density at radius 3 is 2.00 bits per heavy atom. The number of nitrogens with zero attached hydrogens (tertiary/aromatic N) is 1. The van der Waals surface area contributed by atoms with Crippen molar-refractivity contribution >= 4 is 35.5 Å². The molecule has 0 saturated heterocycles. The van der Waals surface area contributed by atoms with E-state index in [-0.39, 0.29) is 19.8 Å². The van der Waals surface area contributed by atoms with E-state index in [4.69, 9.17) is 21.1 Å². The van der Waals surface area contributed by atoms with Crippen LogP contribution in [0, 0.1) is 0 Å². The number of ketones is 1. The van der Waals surface area contributed by atoms with Gasteiger partial charge in [0.15, 0.2) is 5.78 Å². The minimum absolute atomic E-state index is 0.0238. The van der Waals surface area contributed by atoms with Crippen LogP contribution in [0.15, 0.2) is 0 Å². The van der Waals surface area contributed by atoms with Gasteiger partial charge < -0.3 is 14.2 Å². The molecule has 1 unspecified atom stereocenters. The Morgan fingerprint density at radius 1 is 1.00 bits per heavy atom. The molecule has 0 aliphatic rings. The average molecular weight is 339 g/mol. The van der Waals surface area contributed by atoms with Crippen LogP contribution in [0.5, 0.6) is 0 Å². The molecule has 10 heteroatoms. The lowest BCUT2D eigenvalue weighted by molar-refractivity contribution is -0.153. The second kappa shape index (κ2) is 10.7. The first kappa shape index (κ1) is 20.0. The van der Waals surface area contributed by atoms with Gasteiger partial charge in [-0.1, -0.05) is 0 Å². The average Bonchev–Trinajstić information content (AvgIpc) is 2.47. The van der Waals surface area contributed by atoms with E-state index in [0.29, 0.717) is 5.01 Å². The van der Waals surface area contributed by atoms with Gasteiger partial charge in [0, 0.05) is 0 Å². The summed E-state index contributed by atoms with van der Waals surface area (Å²) in [4.78, 5) is 47.1. The Bertz CT molecular complexity index is 416. The highest BCUT2D eigenvalue weighted by atomic mass is 35.5. The molecule has 0 heterocycles. The Balaban J connectivity index is 5.42. The number of hydrogen-bond donors (Lipinski definition) is 1. The van der Waals surface area contributed by atoms with E-state index in [9.17, 15) is 19.2 Å². The summed E-state index contributed by atoms with van der Waals surface area (Å²) in [5.74, 6) is -2.45. The third-order valence-electron chi connectivity index (χ3n) is 2.16. The van der Waals surface area contributed by atoms with Crippen molar-refractivity contribution in [2.75, 3.05) is 25.7 Å². The molecular weight excluding hydrogens is 320 g/mol. The van der Waals surface area contributed by atoms with Gasteiger partial charge in [0.2, 0.25) is 6.04 Å². The Labute approximate surface area is 132 Å². The van der Waals surface area contributed by atoms with Crippen molar-refractivity contribution in [2.24, 2.45) is 0 Å². The van der Waals surface area contributed by atoms with Crippen LogP contribution in [0.2, 0.25) is 0 Å². The number of carbonyl (C=O) groups is 4. The normalized spacial score (nSPS) is 11.1. The minimum atomic E-state index is -1.76. The fourth-order valence-electron chi connectivity index (χ4n) is 1.35. The highest BCUT2D eigenvalue weighted by Gasteiger charge is 2.39. The monoisotopic (exact) mass is 338 g/mol. The molecule has 0 aliphatic heterocycles. The molecule has 0 aromatic heterocycles. The number of halogens is 1. The first-order chi connectivity index (χ1) is 10.4. The molecule has 0 aliphatic carbocycles. The summed E-state index contributed by atoms with van der Waals surface area (Å²) in [7, 11) is 0. The number of amides is 2. The van der Waals surface area contributed by atoms with Gasteiger partial charge in [-0.15, -0.1) is 11.6 Å². The smallest absolute Gasteiger partial charge is 0.430 e. The zero-order chi connectivity index (χ0) is 17.1. The zero-order valence-corrected chi connectivity index (χ0v) is 13.3. The lowest BCUT2D eigenvalue weighted by Gasteiger charge is -2.27. The number of rotatable bonds is 7. The molecule has 0 spiro atoms. The largest absolute Gasteiger partial charge is 0.464 e. The molecule has 0 radical (unpaired) electrons. The Morgan fingerprint density at radius 2 is 1.55 bits per heavy atom. The molecule has 1 atom stereocenters. The van der Waals surface area contributed by atoms with Crippen molar-refractivity contribution in [1.82, 2.24) is 10.4 Å². The van der Waals surface area contributed by atoms with Crippen molar-refractivity contribution in [3.05, 3.63) is 0 Å². The molecule has 0 aromatic carbocycles. The maximum Gasteiger partial charge on any atom is 0.430 e. The van der Waals surface area contributed by atoms with Gasteiger partial charge in [-0.2, -0.15) is 5.01 Å². The SMILES string of the molecule is CCOC(=O)NN(C(=O)OCC)C(C(=O)CCl)C(=O)OCC. The second-order valence-electron chi connectivity index (χ2n) is 3.66. The van der Waals surface area contributed by atoms with Crippen LogP contribution in [-0.2, 0) is 23.8 Å². The number of Topliss-reactive ketones (excluding diaryl/α,β-unsaturated/α-hetero) is 1. The lowest BCUT2D eigenvalue weighted by Crippen LogP contribution is -2.59. The van der Waals surface area contributed by atoms with Crippen molar-refractivity contribution in [1.29, 1.82) is 0 Å². The number of hydrogen-bond acceptors (Lipinski definition) is 7. The predicted molar refractivity (Wildman–Crippen MR) is 75.2 cm³/mol. The summed E-state index contributed by atoms with van der Waals surface area (Å²) in [5, 5.41) is 0.407. The van der Waals surface area contributed by atoms with E-state index in [0.717, 1.165) is 0 Å². The van der Waals surface area contributed by atoms with Crippen molar-refractivity contribution < 1.29 is 33.4 Å². The predicted octanol–water partition coefficient (Wildman–Crippen LogP) is 0.846. The first-order valence-corrected chi connectivity index (χ1v) is 7.10. The zero-order valence-electron chi connectivity index (χ0n) is 12.6. The fraction of sp³-hybridized carbons (Fsp3) is 0.667. The quantitative estimate of drug-likeness (QED) is 0.241. The number of esters is 1. The van der Waals surface area contributed by atoms with E-state index in [1.807, 2.05) is 5.43 Å². The van der Waals surface area contributed by atoms with E-state index in [1.54, 1.807) is 6.92 Å². The van der Waals surface area contributed by atoms with E-state index < -0.39 is 35.9 Å². The third kappa shape index (κ3) is 6.17. The number of carbonyl (C=O) groups excluding carboxylic acids is 4. The van der Waals surface area contributed by atoms with Crippen LogP contribution in [0.3, 0.4) is 0 Å². The number of alkyl halides is 1. The van der Waals surface area contributed by atoms with Crippen LogP contribution in [0.1, 0.15) is 20.8 Å². The third-order valence-corrected chi connectivity index (χ3v) is 2.42. The highest BCUT2D eigenvalue weighted by molar-refractivity contribution is 6.30. The molecule has 1 N–H and O–H groups in total. The van der Waals surface area contributed by atoms with E-state index in [1.165, 1.54) is 13.8 Å². The standard InChI is InChI=1S/C12H19ClN2O7/c1-4-20-10(17)9(8(16)7-13)15(12(19)22-6-3)14-11(18)21-5-2/h9H,4-7H2,1-3H3,(H,14,18). The van der Waals surface area contributed by atoms with Crippen LogP contribution in [-0.4, -0.2) is 60.7 Å². The Kier molecular flexibility index (Phi) is 9.68. The summed E-state index contributed by atoms with van der Waals surface area (Å²) in [6, 6.07) is -1.76. The molecule has 2 amide bonds. The summed E-state index contributed by atoms with van der Waals surface area (Å²) in [5.41, 5.74) is 1.97. The maximum atomic E-state index is 11.9. The summed E-state index contributed by atoms with van der Waals surface area (Å²) >= 11 is 5.43. The molecule has 0 aromatic rings. The van der Waals surface area contributed by atoms with Gasteiger partial charge in [0.1, 0.15) is 0 Å². The van der Waals surface area contributed by atoms with Crippen LogP contribution < -0.4 is 5.43 Å². The van der Waals surface area contributed by atoms with Crippen LogP contribution in [0.25, 0.3) is 0 Å². The maximum absolute atomic E-state index is 11.9. The fourth-order valence-corrected chi connectivity index (χ4v) is 1.49. The van der Waals surface area contributed by atoms with Gasteiger partial charge in [-0.3, -0.25) is 4.79 Å². The summed E-state index contributed by atoms with van der Waals surface area (Å²) < 4.78 is 14.0. The molecule has 22 heavy (non-hydrogen) atoms. The molecule has 126 valence electrons.